The Morgan fingerprint density at radius 2 is 1.92 bits per heavy atom. The number of carbonyl (C=O) groups is 1. The molecule has 3 rings (SSSR count). The van der Waals surface area contributed by atoms with Crippen molar-refractivity contribution in [3.8, 4) is 0 Å². The molecule has 1 amide bonds. The summed E-state index contributed by atoms with van der Waals surface area (Å²) in [4.78, 5) is 29.4. The fourth-order valence-corrected chi connectivity index (χ4v) is 3.72. The van der Waals surface area contributed by atoms with Gasteiger partial charge in [0.15, 0.2) is 0 Å². The lowest BCUT2D eigenvalue weighted by molar-refractivity contribution is -0.116. The van der Waals surface area contributed by atoms with Gasteiger partial charge in [-0.05, 0) is 47.1 Å². The predicted molar refractivity (Wildman–Crippen MR) is 101 cm³/mol. The summed E-state index contributed by atoms with van der Waals surface area (Å²) in [6.45, 7) is 1.62. The Labute approximate surface area is 155 Å². The molecule has 1 N–H and O–H groups in total. The van der Waals surface area contributed by atoms with Gasteiger partial charge in [0.25, 0.3) is 5.56 Å². The van der Waals surface area contributed by atoms with E-state index >= 15 is 0 Å². The zero-order valence-electron chi connectivity index (χ0n) is 12.7. The maximum atomic E-state index is 12.7. The Bertz CT molecular complexity index is 985. The Morgan fingerprint density at radius 1 is 1.21 bits per heavy atom. The highest BCUT2D eigenvalue weighted by molar-refractivity contribution is 9.11. The number of carbonyl (C=O) groups excluding carboxylic acids is 1. The zero-order valence-corrected chi connectivity index (χ0v) is 15.9. The molecule has 0 bridgehead atoms. The Morgan fingerprint density at radius 3 is 2.62 bits per heavy atom. The van der Waals surface area contributed by atoms with Gasteiger partial charge < -0.3 is 5.32 Å². The van der Waals surface area contributed by atoms with E-state index in [0.29, 0.717) is 22.4 Å². The quantitative estimate of drug-likeness (QED) is 0.658. The molecule has 0 saturated carbocycles. The third kappa shape index (κ3) is 3.42. The first kappa shape index (κ1) is 16.9. The van der Waals surface area contributed by atoms with Crippen LogP contribution in [0.3, 0.4) is 0 Å². The molecule has 3 aromatic rings. The molecule has 0 aliphatic rings. The number of hydrogen-bond donors (Lipinski definition) is 1. The van der Waals surface area contributed by atoms with Crippen LogP contribution in [-0.4, -0.2) is 15.5 Å². The number of rotatable bonds is 3. The van der Waals surface area contributed by atoms with E-state index in [2.05, 4.69) is 42.2 Å². The average Bonchev–Trinajstić information content (AvgIpc) is 2.54. The largest absolute Gasteiger partial charge is 0.325 e. The Balaban J connectivity index is 1.98. The van der Waals surface area contributed by atoms with Gasteiger partial charge in [0.1, 0.15) is 12.4 Å². The standard InChI is InChI=1S/C17H13Br2N3O2/c1-10-20-16-13(7-11(18)8-14(16)19)17(24)22(10)9-15(23)21-12-5-3-2-4-6-12/h2-8H,9H2,1H3,(H,21,23). The fraction of sp³-hybridized carbons (Fsp3) is 0.118. The minimum absolute atomic E-state index is 0.0906. The summed E-state index contributed by atoms with van der Waals surface area (Å²) >= 11 is 6.79. The van der Waals surface area contributed by atoms with Crippen LogP contribution in [0.25, 0.3) is 10.9 Å². The van der Waals surface area contributed by atoms with Crippen LogP contribution in [-0.2, 0) is 11.3 Å². The van der Waals surface area contributed by atoms with Gasteiger partial charge >= 0.3 is 0 Å². The molecular formula is C17H13Br2N3O2. The number of nitrogens with one attached hydrogen (secondary N) is 1. The summed E-state index contributed by atoms with van der Waals surface area (Å²) < 4.78 is 2.87. The number of amides is 1. The van der Waals surface area contributed by atoms with E-state index in [1.54, 1.807) is 25.1 Å². The van der Waals surface area contributed by atoms with Gasteiger partial charge in [-0.25, -0.2) is 4.98 Å². The number of benzene rings is 2. The van der Waals surface area contributed by atoms with Crippen LogP contribution in [0.5, 0.6) is 0 Å². The minimum atomic E-state index is -0.276. The first-order valence-corrected chi connectivity index (χ1v) is 8.75. The lowest BCUT2D eigenvalue weighted by Gasteiger charge is -2.12. The van der Waals surface area contributed by atoms with E-state index in [0.717, 1.165) is 8.95 Å². The molecule has 1 aromatic heterocycles. The van der Waals surface area contributed by atoms with Crippen LogP contribution < -0.4 is 10.9 Å². The maximum Gasteiger partial charge on any atom is 0.261 e. The third-order valence-corrected chi connectivity index (χ3v) is 4.59. The molecule has 0 fully saturated rings. The number of hydrogen-bond acceptors (Lipinski definition) is 3. The van der Waals surface area contributed by atoms with Gasteiger partial charge in [-0.3, -0.25) is 14.2 Å². The van der Waals surface area contributed by atoms with Crippen molar-refractivity contribution >= 4 is 54.4 Å². The third-order valence-electron chi connectivity index (χ3n) is 3.53. The first-order chi connectivity index (χ1) is 11.5. The molecule has 2 aromatic carbocycles. The van der Waals surface area contributed by atoms with Crippen molar-refractivity contribution in [1.82, 2.24) is 9.55 Å². The van der Waals surface area contributed by atoms with Crippen LogP contribution in [0.1, 0.15) is 5.82 Å². The molecule has 0 radical (unpaired) electrons. The number of anilines is 1. The molecule has 0 aliphatic carbocycles. The number of nitrogens with zero attached hydrogens (tertiary/aromatic N) is 2. The second-order valence-electron chi connectivity index (χ2n) is 5.25. The number of aryl methyl sites for hydroxylation is 1. The molecule has 0 saturated heterocycles. The molecule has 5 nitrogen and oxygen atoms in total. The van der Waals surface area contributed by atoms with Crippen molar-refractivity contribution in [2.75, 3.05) is 5.32 Å². The van der Waals surface area contributed by atoms with E-state index in [4.69, 9.17) is 0 Å². The van der Waals surface area contributed by atoms with Gasteiger partial charge in [-0.2, -0.15) is 0 Å². The smallest absolute Gasteiger partial charge is 0.261 e. The summed E-state index contributed by atoms with van der Waals surface area (Å²) in [5.41, 5.74) is 1.02. The fourth-order valence-electron chi connectivity index (χ4n) is 2.41. The van der Waals surface area contributed by atoms with E-state index in [9.17, 15) is 9.59 Å². The average molecular weight is 451 g/mol. The van der Waals surface area contributed by atoms with E-state index < -0.39 is 0 Å². The van der Waals surface area contributed by atoms with Crippen LogP contribution in [0.4, 0.5) is 5.69 Å². The summed E-state index contributed by atoms with van der Waals surface area (Å²) in [6.07, 6.45) is 0. The van der Waals surface area contributed by atoms with Crippen molar-refractivity contribution in [3.05, 3.63) is 67.6 Å². The molecule has 7 heteroatoms. The molecular weight excluding hydrogens is 438 g/mol. The molecule has 122 valence electrons. The minimum Gasteiger partial charge on any atom is -0.325 e. The number of halogens is 2. The van der Waals surface area contributed by atoms with Crippen LogP contribution in [0, 0.1) is 6.92 Å². The molecule has 0 spiro atoms. The second-order valence-corrected chi connectivity index (χ2v) is 7.02. The number of aromatic nitrogens is 2. The highest BCUT2D eigenvalue weighted by Crippen LogP contribution is 2.25. The van der Waals surface area contributed by atoms with E-state index in [1.165, 1.54) is 4.57 Å². The second kappa shape index (κ2) is 6.86. The molecule has 1 heterocycles. The van der Waals surface area contributed by atoms with Crippen molar-refractivity contribution in [1.29, 1.82) is 0 Å². The van der Waals surface area contributed by atoms with Crippen molar-refractivity contribution in [3.63, 3.8) is 0 Å². The Hall–Kier alpha value is -1.99. The number of fused-ring (bicyclic) bond motifs is 1. The Kier molecular flexibility index (Phi) is 4.82. The summed E-state index contributed by atoms with van der Waals surface area (Å²) in [7, 11) is 0. The zero-order chi connectivity index (χ0) is 17.3. The van der Waals surface area contributed by atoms with Crippen molar-refractivity contribution < 1.29 is 4.79 Å². The molecule has 0 atom stereocenters. The SMILES string of the molecule is Cc1nc2c(Br)cc(Br)cc2c(=O)n1CC(=O)Nc1ccccc1. The highest BCUT2D eigenvalue weighted by Gasteiger charge is 2.14. The topological polar surface area (TPSA) is 64.0 Å². The van der Waals surface area contributed by atoms with E-state index in [-0.39, 0.29) is 18.0 Å². The summed E-state index contributed by atoms with van der Waals surface area (Å²) in [6, 6.07) is 12.7. The van der Waals surface area contributed by atoms with Gasteiger partial charge in [-0.15, -0.1) is 0 Å². The molecule has 24 heavy (non-hydrogen) atoms. The van der Waals surface area contributed by atoms with Crippen LogP contribution in [0.2, 0.25) is 0 Å². The number of para-hydroxylation sites is 1. The van der Waals surface area contributed by atoms with Crippen LogP contribution >= 0.6 is 31.9 Å². The van der Waals surface area contributed by atoms with Gasteiger partial charge in [-0.1, -0.05) is 34.1 Å². The highest BCUT2D eigenvalue weighted by atomic mass is 79.9. The molecule has 0 unspecified atom stereocenters. The molecule has 0 aliphatic heterocycles. The summed E-state index contributed by atoms with van der Waals surface area (Å²) in [5.74, 6) is 0.209. The van der Waals surface area contributed by atoms with Crippen molar-refractivity contribution in [2.45, 2.75) is 13.5 Å². The lowest BCUT2D eigenvalue weighted by Crippen LogP contribution is -2.30. The maximum absolute atomic E-state index is 12.7. The van der Waals surface area contributed by atoms with Gasteiger partial charge in [0, 0.05) is 14.6 Å². The normalized spacial score (nSPS) is 10.8. The van der Waals surface area contributed by atoms with E-state index in [1.807, 2.05) is 24.3 Å². The van der Waals surface area contributed by atoms with Crippen molar-refractivity contribution in [2.24, 2.45) is 0 Å². The first-order valence-electron chi connectivity index (χ1n) is 7.17. The monoisotopic (exact) mass is 449 g/mol. The summed E-state index contributed by atoms with van der Waals surface area (Å²) in [5, 5.41) is 3.22. The predicted octanol–water partition coefficient (Wildman–Crippen LogP) is 3.87. The van der Waals surface area contributed by atoms with Gasteiger partial charge in [0.2, 0.25) is 5.91 Å². The van der Waals surface area contributed by atoms with Crippen LogP contribution in [0.15, 0.2) is 56.2 Å². The van der Waals surface area contributed by atoms with Gasteiger partial charge in [0.05, 0.1) is 10.9 Å². The lowest BCUT2D eigenvalue weighted by atomic mass is 10.2.